The normalized spacial score (nSPS) is 20.2. The highest BCUT2D eigenvalue weighted by Gasteiger charge is 2.34. The van der Waals surface area contributed by atoms with E-state index in [1.165, 1.54) is 38.4 Å². The maximum atomic E-state index is 12.6. The molecule has 0 aliphatic carbocycles. The minimum absolute atomic E-state index is 0.0142. The van der Waals surface area contributed by atoms with Crippen LogP contribution in [-0.2, 0) is 19.9 Å². The van der Waals surface area contributed by atoms with Gasteiger partial charge in [0.15, 0.2) is 9.84 Å². The molecule has 0 radical (unpaired) electrons. The van der Waals surface area contributed by atoms with Crippen LogP contribution in [0.5, 0.6) is 0 Å². The van der Waals surface area contributed by atoms with Crippen molar-refractivity contribution in [2.24, 2.45) is 0 Å². The maximum Gasteiger partial charge on any atom is 0.254 e. The van der Waals surface area contributed by atoms with E-state index < -0.39 is 19.9 Å². The molecule has 0 aromatic heterocycles. The van der Waals surface area contributed by atoms with Crippen LogP contribution in [-0.4, -0.2) is 70.1 Å². The summed E-state index contributed by atoms with van der Waals surface area (Å²) in [4.78, 5) is 14.3. The molecule has 1 aromatic carbocycles. The van der Waals surface area contributed by atoms with E-state index in [2.05, 4.69) is 0 Å². The highest BCUT2D eigenvalue weighted by Crippen LogP contribution is 2.21. The first-order valence-electron chi connectivity index (χ1n) is 7.62. The highest BCUT2D eigenvalue weighted by atomic mass is 32.2. The van der Waals surface area contributed by atoms with E-state index in [9.17, 15) is 21.6 Å². The van der Waals surface area contributed by atoms with Gasteiger partial charge in [-0.05, 0) is 37.6 Å². The van der Waals surface area contributed by atoms with E-state index in [4.69, 9.17) is 0 Å². The molecule has 1 amide bonds. The Hall–Kier alpha value is -1.45. The lowest BCUT2D eigenvalue weighted by atomic mass is 10.1. The molecule has 7 nitrogen and oxygen atoms in total. The zero-order valence-electron chi connectivity index (χ0n) is 14.0. The van der Waals surface area contributed by atoms with Crippen LogP contribution in [0, 0.1) is 0 Å². The van der Waals surface area contributed by atoms with Crippen LogP contribution in [0.25, 0.3) is 0 Å². The highest BCUT2D eigenvalue weighted by molar-refractivity contribution is 7.91. The third kappa shape index (κ3) is 3.79. The molecule has 0 N–H and O–H groups in total. The van der Waals surface area contributed by atoms with Crippen LogP contribution in [0.4, 0.5) is 0 Å². The molecule has 1 atom stereocenters. The second kappa shape index (κ2) is 6.81. The van der Waals surface area contributed by atoms with Gasteiger partial charge in [0.2, 0.25) is 10.0 Å². The third-order valence-electron chi connectivity index (χ3n) is 4.13. The van der Waals surface area contributed by atoms with E-state index in [0.717, 1.165) is 4.31 Å². The number of hydrogen-bond acceptors (Lipinski definition) is 5. The van der Waals surface area contributed by atoms with Crippen molar-refractivity contribution < 1.29 is 21.6 Å². The summed E-state index contributed by atoms with van der Waals surface area (Å²) in [6.45, 7) is 2.20. The van der Waals surface area contributed by atoms with Crippen molar-refractivity contribution >= 4 is 25.8 Å². The van der Waals surface area contributed by atoms with Crippen molar-refractivity contribution in [1.29, 1.82) is 0 Å². The van der Waals surface area contributed by atoms with Crippen molar-refractivity contribution in [3.8, 4) is 0 Å². The predicted molar refractivity (Wildman–Crippen MR) is 91.1 cm³/mol. The SMILES string of the molecule is CCN(C(=O)c1ccc(S(=O)(=O)N(C)C)cc1)C1CCS(=O)(=O)C1. The summed E-state index contributed by atoms with van der Waals surface area (Å²) in [6, 6.07) is 5.39. The molecule has 0 saturated carbocycles. The van der Waals surface area contributed by atoms with Gasteiger partial charge in [0.1, 0.15) is 0 Å². The maximum absolute atomic E-state index is 12.6. The smallest absolute Gasteiger partial charge is 0.254 e. The van der Waals surface area contributed by atoms with E-state index >= 15 is 0 Å². The molecular formula is C15H22N2O5S2. The summed E-state index contributed by atoms with van der Waals surface area (Å²) in [5.74, 6) is -0.199. The second-order valence-corrected chi connectivity index (χ2v) is 10.3. The van der Waals surface area contributed by atoms with E-state index in [-0.39, 0.29) is 28.4 Å². The molecule has 9 heteroatoms. The van der Waals surface area contributed by atoms with E-state index in [1.54, 1.807) is 11.8 Å². The molecule has 2 rings (SSSR count). The molecule has 0 spiro atoms. The van der Waals surface area contributed by atoms with Gasteiger partial charge in [-0.2, -0.15) is 0 Å². The van der Waals surface area contributed by atoms with Crippen molar-refractivity contribution in [3.05, 3.63) is 29.8 Å². The number of carbonyl (C=O) groups is 1. The van der Waals surface area contributed by atoms with Crippen LogP contribution < -0.4 is 0 Å². The molecule has 1 unspecified atom stereocenters. The number of sulfone groups is 1. The second-order valence-electron chi connectivity index (χ2n) is 5.96. The summed E-state index contributed by atoms with van der Waals surface area (Å²) in [5.41, 5.74) is 0.346. The average molecular weight is 374 g/mol. The van der Waals surface area contributed by atoms with E-state index in [1.807, 2.05) is 0 Å². The van der Waals surface area contributed by atoms with Crippen LogP contribution >= 0.6 is 0 Å². The van der Waals surface area contributed by atoms with Crippen LogP contribution in [0.2, 0.25) is 0 Å². The van der Waals surface area contributed by atoms with Crippen LogP contribution in [0.15, 0.2) is 29.2 Å². The Morgan fingerprint density at radius 1 is 1.21 bits per heavy atom. The van der Waals surface area contributed by atoms with Gasteiger partial charge in [0.25, 0.3) is 5.91 Å². The Morgan fingerprint density at radius 2 is 1.79 bits per heavy atom. The van der Waals surface area contributed by atoms with Gasteiger partial charge < -0.3 is 4.90 Å². The molecule has 1 fully saturated rings. The van der Waals surface area contributed by atoms with Gasteiger partial charge in [-0.3, -0.25) is 4.79 Å². The van der Waals surface area contributed by atoms with Gasteiger partial charge in [-0.1, -0.05) is 0 Å². The summed E-state index contributed by atoms with van der Waals surface area (Å²) in [7, 11) is -3.75. The van der Waals surface area contributed by atoms with Crippen molar-refractivity contribution in [2.45, 2.75) is 24.3 Å². The fourth-order valence-electron chi connectivity index (χ4n) is 2.73. The molecule has 1 aliphatic rings. The van der Waals surface area contributed by atoms with Crippen LogP contribution in [0.3, 0.4) is 0 Å². The summed E-state index contributed by atoms with van der Waals surface area (Å²) in [5, 5.41) is 0. The first-order chi connectivity index (χ1) is 11.1. The summed E-state index contributed by atoms with van der Waals surface area (Å²) < 4.78 is 48.5. The predicted octanol–water partition coefficient (Wildman–Crippen LogP) is 0.586. The first-order valence-corrected chi connectivity index (χ1v) is 10.9. The lowest BCUT2D eigenvalue weighted by Gasteiger charge is -2.27. The monoisotopic (exact) mass is 374 g/mol. The lowest BCUT2D eigenvalue weighted by molar-refractivity contribution is 0.0708. The van der Waals surface area contributed by atoms with Gasteiger partial charge >= 0.3 is 0 Å². The Kier molecular flexibility index (Phi) is 5.36. The zero-order chi connectivity index (χ0) is 18.1. The van der Waals surface area contributed by atoms with Crippen molar-refractivity contribution in [3.63, 3.8) is 0 Å². The van der Waals surface area contributed by atoms with Crippen molar-refractivity contribution in [1.82, 2.24) is 9.21 Å². The lowest BCUT2D eigenvalue weighted by Crippen LogP contribution is -2.41. The van der Waals surface area contributed by atoms with E-state index in [0.29, 0.717) is 18.5 Å². The third-order valence-corrected chi connectivity index (χ3v) is 7.71. The number of hydrogen-bond donors (Lipinski definition) is 0. The van der Waals surface area contributed by atoms with Gasteiger partial charge in [-0.15, -0.1) is 0 Å². The number of nitrogens with zero attached hydrogens (tertiary/aromatic N) is 2. The Balaban J connectivity index is 2.23. The minimum atomic E-state index is -3.55. The number of sulfonamides is 1. The van der Waals surface area contributed by atoms with Gasteiger partial charge in [-0.25, -0.2) is 21.1 Å². The fraction of sp³-hybridized carbons (Fsp3) is 0.533. The minimum Gasteiger partial charge on any atom is -0.335 e. The van der Waals surface area contributed by atoms with Gasteiger partial charge in [0.05, 0.1) is 16.4 Å². The summed E-state index contributed by atoms with van der Waals surface area (Å²) >= 11 is 0. The standard InChI is InChI=1S/C15H22N2O5S2/c1-4-17(13-9-10-23(19,20)11-13)15(18)12-5-7-14(8-6-12)24(21,22)16(2)3/h5-8,13H,4,9-11H2,1-3H3. The zero-order valence-corrected chi connectivity index (χ0v) is 15.6. The first kappa shape index (κ1) is 18.9. The molecule has 1 aromatic rings. The Labute approximate surface area is 143 Å². The molecule has 1 heterocycles. The Bertz CT molecular complexity index is 814. The number of carbonyl (C=O) groups excluding carboxylic acids is 1. The molecule has 1 aliphatic heterocycles. The average Bonchev–Trinajstić information content (AvgIpc) is 2.87. The number of amides is 1. The molecule has 24 heavy (non-hydrogen) atoms. The fourth-order valence-corrected chi connectivity index (χ4v) is 5.37. The quantitative estimate of drug-likeness (QED) is 0.752. The van der Waals surface area contributed by atoms with Crippen LogP contribution in [0.1, 0.15) is 23.7 Å². The van der Waals surface area contributed by atoms with Gasteiger partial charge in [0, 0.05) is 32.2 Å². The van der Waals surface area contributed by atoms with Crippen molar-refractivity contribution in [2.75, 3.05) is 32.1 Å². The molecule has 134 valence electrons. The molecule has 1 saturated heterocycles. The topological polar surface area (TPSA) is 91.8 Å². The molecule has 0 bridgehead atoms. The molecular weight excluding hydrogens is 352 g/mol. The largest absolute Gasteiger partial charge is 0.335 e. The Morgan fingerprint density at radius 3 is 2.21 bits per heavy atom. The summed E-state index contributed by atoms with van der Waals surface area (Å²) in [6.07, 6.45) is 0.439. The number of rotatable bonds is 5. The number of benzene rings is 1.